The molecular weight excluding hydrogens is 372 g/mol. The third-order valence-corrected chi connectivity index (χ3v) is 4.81. The van der Waals surface area contributed by atoms with E-state index in [-0.39, 0.29) is 0 Å². The molecule has 29 heavy (non-hydrogen) atoms. The number of para-hydroxylation sites is 1. The van der Waals surface area contributed by atoms with E-state index in [4.69, 9.17) is 24.5 Å². The van der Waals surface area contributed by atoms with Crippen LogP contribution in [0.25, 0.3) is 0 Å². The van der Waals surface area contributed by atoms with Gasteiger partial charge in [0.05, 0.1) is 12.2 Å². The van der Waals surface area contributed by atoms with Crippen molar-refractivity contribution in [1.29, 1.82) is 5.26 Å². The smallest absolute Gasteiger partial charge is 0.414 e. The Morgan fingerprint density at radius 3 is 2.34 bits per heavy atom. The lowest BCUT2D eigenvalue weighted by Gasteiger charge is -2.37. The predicted molar refractivity (Wildman–Crippen MR) is 107 cm³/mol. The first-order valence-electron chi connectivity index (χ1n) is 9.24. The summed E-state index contributed by atoms with van der Waals surface area (Å²) in [6, 6.07) is 20.4. The fraction of sp³-hybridized carbons (Fsp3) is 0.318. The quantitative estimate of drug-likeness (QED) is 0.765. The van der Waals surface area contributed by atoms with Crippen molar-refractivity contribution in [3.63, 3.8) is 0 Å². The Bertz CT molecular complexity index is 851. The summed E-state index contributed by atoms with van der Waals surface area (Å²) in [5.41, 5.74) is 2.00. The summed E-state index contributed by atoms with van der Waals surface area (Å²) < 4.78 is 6.02. The number of rotatable bonds is 4. The Balaban J connectivity index is 0.000000438. The van der Waals surface area contributed by atoms with Crippen molar-refractivity contribution >= 4 is 11.9 Å². The van der Waals surface area contributed by atoms with Crippen LogP contribution in [0.1, 0.15) is 23.5 Å². The highest BCUT2D eigenvalue weighted by Crippen LogP contribution is 2.33. The lowest BCUT2D eigenvalue weighted by molar-refractivity contribution is -0.159. The molecule has 152 valence electrons. The van der Waals surface area contributed by atoms with E-state index in [1.165, 1.54) is 5.56 Å². The zero-order chi connectivity index (χ0) is 21.2. The third kappa shape index (κ3) is 6.63. The standard InChI is InChI=1S/C20H22N2O.C2H2O4/c1-22-12-11-19(16-7-3-2-4-8-16)18(14-22)15-23-20-10-6-5-9-17(20)13-21;3-1(4)2(5)6/h2-10,18-19H,11-12,14-15H2,1H3;(H,3,4)(H,5,6)/t18-,19-;/m1./s1. The Morgan fingerprint density at radius 1 is 1.10 bits per heavy atom. The Hall–Kier alpha value is -3.37. The number of hydrogen-bond acceptors (Lipinski definition) is 5. The van der Waals surface area contributed by atoms with Crippen LogP contribution in [-0.4, -0.2) is 53.8 Å². The molecule has 0 unspecified atom stereocenters. The second-order valence-corrected chi connectivity index (χ2v) is 6.86. The van der Waals surface area contributed by atoms with Gasteiger partial charge in [-0.05, 0) is 43.6 Å². The number of piperidine rings is 1. The van der Waals surface area contributed by atoms with Crippen LogP contribution in [0.2, 0.25) is 0 Å². The van der Waals surface area contributed by atoms with E-state index in [1.807, 2.05) is 18.2 Å². The molecule has 1 fully saturated rings. The summed E-state index contributed by atoms with van der Waals surface area (Å²) in [5.74, 6) is -2.01. The molecule has 2 aromatic rings. The van der Waals surface area contributed by atoms with Gasteiger partial charge in [0, 0.05) is 12.5 Å². The van der Waals surface area contributed by atoms with Crippen molar-refractivity contribution in [3.8, 4) is 11.8 Å². The molecule has 0 saturated carbocycles. The van der Waals surface area contributed by atoms with E-state index in [1.54, 1.807) is 6.07 Å². The second kappa shape index (κ2) is 10.8. The van der Waals surface area contributed by atoms with E-state index in [0.29, 0.717) is 29.8 Å². The first-order chi connectivity index (χ1) is 13.9. The maximum atomic E-state index is 9.19. The fourth-order valence-electron chi connectivity index (χ4n) is 3.40. The number of ether oxygens (including phenoxy) is 1. The largest absolute Gasteiger partial charge is 0.492 e. The molecule has 0 amide bonds. The Labute approximate surface area is 169 Å². The number of aliphatic carboxylic acids is 2. The van der Waals surface area contributed by atoms with Crippen LogP contribution >= 0.6 is 0 Å². The zero-order valence-electron chi connectivity index (χ0n) is 16.2. The van der Waals surface area contributed by atoms with Gasteiger partial charge in [0.25, 0.3) is 0 Å². The number of likely N-dealkylation sites (tertiary alicyclic amines) is 1. The predicted octanol–water partition coefficient (Wildman–Crippen LogP) is 2.83. The molecule has 2 aromatic carbocycles. The average Bonchev–Trinajstić information content (AvgIpc) is 2.73. The average molecular weight is 396 g/mol. The molecule has 0 aromatic heterocycles. The highest BCUT2D eigenvalue weighted by atomic mass is 16.5. The number of carbonyl (C=O) groups is 2. The van der Waals surface area contributed by atoms with E-state index in [0.717, 1.165) is 19.5 Å². The van der Waals surface area contributed by atoms with Crippen LogP contribution in [0, 0.1) is 17.2 Å². The molecule has 3 rings (SSSR count). The number of carboxylic acid groups (broad SMARTS) is 2. The molecule has 0 aliphatic carbocycles. The molecule has 0 bridgehead atoms. The van der Waals surface area contributed by atoms with Gasteiger partial charge in [0.1, 0.15) is 11.8 Å². The van der Waals surface area contributed by atoms with Crippen LogP contribution in [0.3, 0.4) is 0 Å². The molecule has 2 atom stereocenters. The van der Waals surface area contributed by atoms with Crippen molar-refractivity contribution in [3.05, 3.63) is 65.7 Å². The summed E-state index contributed by atoms with van der Waals surface area (Å²) in [4.78, 5) is 20.6. The monoisotopic (exact) mass is 396 g/mol. The number of carboxylic acids is 2. The zero-order valence-corrected chi connectivity index (χ0v) is 16.2. The summed E-state index contributed by atoms with van der Waals surface area (Å²) in [5, 5.41) is 24.0. The summed E-state index contributed by atoms with van der Waals surface area (Å²) in [7, 11) is 2.16. The maximum absolute atomic E-state index is 9.19. The van der Waals surface area contributed by atoms with Gasteiger partial charge >= 0.3 is 11.9 Å². The normalized spacial score (nSPS) is 18.6. The van der Waals surface area contributed by atoms with Gasteiger partial charge in [-0.15, -0.1) is 0 Å². The van der Waals surface area contributed by atoms with Gasteiger partial charge in [0.2, 0.25) is 0 Å². The summed E-state index contributed by atoms with van der Waals surface area (Å²) >= 11 is 0. The number of benzene rings is 2. The number of nitrogens with zero attached hydrogens (tertiary/aromatic N) is 2. The van der Waals surface area contributed by atoms with Gasteiger partial charge in [0.15, 0.2) is 0 Å². The summed E-state index contributed by atoms with van der Waals surface area (Å²) in [6.45, 7) is 2.78. The van der Waals surface area contributed by atoms with Crippen molar-refractivity contribution in [2.45, 2.75) is 12.3 Å². The van der Waals surface area contributed by atoms with Gasteiger partial charge in [-0.3, -0.25) is 0 Å². The van der Waals surface area contributed by atoms with Crippen LogP contribution in [0.5, 0.6) is 5.75 Å². The van der Waals surface area contributed by atoms with Gasteiger partial charge < -0.3 is 19.8 Å². The van der Waals surface area contributed by atoms with Crippen LogP contribution in [0.15, 0.2) is 54.6 Å². The van der Waals surface area contributed by atoms with Crippen molar-refractivity contribution in [2.24, 2.45) is 5.92 Å². The molecule has 0 spiro atoms. The SMILES string of the molecule is CN1CC[C@H](c2ccccc2)[C@@H](COc2ccccc2C#N)C1.O=C(O)C(=O)O. The molecule has 1 aliphatic heterocycles. The fourth-order valence-corrected chi connectivity index (χ4v) is 3.40. The molecule has 1 saturated heterocycles. The first kappa shape index (κ1) is 21.9. The van der Waals surface area contributed by atoms with E-state index < -0.39 is 11.9 Å². The molecule has 7 nitrogen and oxygen atoms in total. The minimum atomic E-state index is -1.82. The van der Waals surface area contributed by atoms with Crippen LogP contribution in [-0.2, 0) is 9.59 Å². The summed E-state index contributed by atoms with van der Waals surface area (Å²) in [6.07, 6.45) is 1.15. The Morgan fingerprint density at radius 2 is 1.72 bits per heavy atom. The van der Waals surface area contributed by atoms with E-state index in [9.17, 15) is 5.26 Å². The second-order valence-electron chi connectivity index (χ2n) is 6.86. The third-order valence-electron chi connectivity index (χ3n) is 4.81. The molecular formula is C22H24N2O5. The first-order valence-corrected chi connectivity index (χ1v) is 9.24. The van der Waals surface area contributed by atoms with E-state index >= 15 is 0 Å². The molecule has 1 heterocycles. The van der Waals surface area contributed by atoms with Gasteiger partial charge in [-0.1, -0.05) is 42.5 Å². The highest BCUT2D eigenvalue weighted by molar-refractivity contribution is 6.27. The molecule has 0 radical (unpaired) electrons. The lowest BCUT2D eigenvalue weighted by Crippen LogP contribution is -2.39. The van der Waals surface area contributed by atoms with Crippen molar-refractivity contribution in [1.82, 2.24) is 4.90 Å². The van der Waals surface area contributed by atoms with Crippen molar-refractivity contribution < 1.29 is 24.5 Å². The molecule has 7 heteroatoms. The van der Waals surface area contributed by atoms with Crippen LogP contribution < -0.4 is 4.74 Å². The topological polar surface area (TPSA) is 111 Å². The Kier molecular flexibility index (Phi) is 8.19. The highest BCUT2D eigenvalue weighted by Gasteiger charge is 2.29. The van der Waals surface area contributed by atoms with E-state index in [2.05, 4.69) is 48.3 Å². The van der Waals surface area contributed by atoms with Gasteiger partial charge in [-0.2, -0.15) is 5.26 Å². The molecule has 2 N–H and O–H groups in total. The minimum absolute atomic E-state index is 0.433. The number of nitriles is 1. The van der Waals surface area contributed by atoms with Gasteiger partial charge in [-0.25, -0.2) is 9.59 Å². The van der Waals surface area contributed by atoms with Crippen molar-refractivity contribution in [2.75, 3.05) is 26.7 Å². The minimum Gasteiger partial charge on any atom is -0.492 e. The lowest BCUT2D eigenvalue weighted by atomic mass is 9.81. The van der Waals surface area contributed by atoms with Crippen LogP contribution in [0.4, 0.5) is 0 Å². The molecule has 1 aliphatic rings. The maximum Gasteiger partial charge on any atom is 0.414 e. The number of hydrogen-bond donors (Lipinski definition) is 2.